The van der Waals surface area contributed by atoms with E-state index in [9.17, 15) is 9.59 Å². The number of nitrogens with one attached hydrogen (secondary N) is 2. The predicted molar refractivity (Wildman–Crippen MR) is 120 cm³/mol. The molecule has 1 amide bonds. The lowest BCUT2D eigenvalue weighted by atomic mass is 10.1. The number of nitrogens with zero attached hydrogens (tertiary/aromatic N) is 3. The van der Waals surface area contributed by atoms with Gasteiger partial charge in [0.05, 0.1) is 25.5 Å². The lowest BCUT2D eigenvalue weighted by Crippen LogP contribution is -2.16. The number of esters is 1. The number of ether oxygens (including phenoxy) is 2. The maximum atomic E-state index is 12.5. The van der Waals surface area contributed by atoms with Crippen LogP contribution < -0.4 is 10.1 Å². The van der Waals surface area contributed by atoms with Crippen molar-refractivity contribution in [3.8, 4) is 5.75 Å². The number of hydrogen-bond donors (Lipinski definition) is 2. The molecule has 0 aliphatic rings. The van der Waals surface area contributed by atoms with Crippen molar-refractivity contribution in [2.24, 2.45) is 0 Å². The number of hydrogen-bond acceptors (Lipinski definition) is 9. The van der Waals surface area contributed by atoms with Gasteiger partial charge >= 0.3 is 5.97 Å². The predicted octanol–water partition coefficient (Wildman–Crippen LogP) is 3.71. The molecule has 0 aliphatic carbocycles. The van der Waals surface area contributed by atoms with Crippen molar-refractivity contribution < 1.29 is 19.1 Å². The van der Waals surface area contributed by atoms with Gasteiger partial charge in [-0.3, -0.25) is 4.79 Å². The zero-order valence-corrected chi connectivity index (χ0v) is 18.9. The molecule has 0 bridgehead atoms. The number of aromatic nitrogens is 4. The van der Waals surface area contributed by atoms with Crippen LogP contribution in [0.4, 0.5) is 5.00 Å². The van der Waals surface area contributed by atoms with Crippen LogP contribution in [0.15, 0.2) is 23.4 Å². The van der Waals surface area contributed by atoms with Crippen LogP contribution in [-0.4, -0.2) is 52.0 Å². The summed E-state index contributed by atoms with van der Waals surface area (Å²) in [5.41, 5.74) is 3.27. The Morgan fingerprint density at radius 1 is 1.23 bits per heavy atom. The summed E-state index contributed by atoms with van der Waals surface area (Å²) in [6.45, 7) is 3.72. The number of methoxy groups -OCH3 is 2. The third kappa shape index (κ3) is 4.06. The van der Waals surface area contributed by atoms with E-state index in [1.165, 1.54) is 18.4 Å². The van der Waals surface area contributed by atoms with Gasteiger partial charge in [-0.15, -0.1) is 21.5 Å². The van der Waals surface area contributed by atoms with E-state index in [-0.39, 0.29) is 11.7 Å². The number of carbonyl (C=O) groups excluding carboxylic acids is 2. The number of thioether (sulfide) groups is 1. The van der Waals surface area contributed by atoms with Crippen molar-refractivity contribution in [2.45, 2.75) is 19.0 Å². The summed E-state index contributed by atoms with van der Waals surface area (Å²) in [6, 6.07) is 5.61. The normalized spacial score (nSPS) is 11.1. The first-order valence-corrected chi connectivity index (χ1v) is 11.0. The molecule has 9 nitrogen and oxygen atoms in total. The second kappa shape index (κ2) is 8.52. The van der Waals surface area contributed by atoms with Crippen molar-refractivity contribution in [1.82, 2.24) is 20.2 Å². The molecule has 160 valence electrons. The first-order valence-electron chi connectivity index (χ1n) is 9.22. The van der Waals surface area contributed by atoms with Gasteiger partial charge in [-0.1, -0.05) is 11.8 Å². The summed E-state index contributed by atoms with van der Waals surface area (Å²) in [5.74, 6) is 0.0353. The number of fused-ring (bicyclic) bond motifs is 3. The molecular weight excluding hydrogens is 438 g/mol. The van der Waals surface area contributed by atoms with Gasteiger partial charge in [0.2, 0.25) is 11.1 Å². The van der Waals surface area contributed by atoms with Crippen molar-refractivity contribution in [2.75, 3.05) is 25.3 Å². The van der Waals surface area contributed by atoms with E-state index >= 15 is 0 Å². The van der Waals surface area contributed by atoms with Crippen LogP contribution in [0, 0.1) is 13.8 Å². The summed E-state index contributed by atoms with van der Waals surface area (Å²) in [4.78, 5) is 33.1. The first kappa shape index (κ1) is 21.1. The van der Waals surface area contributed by atoms with Crippen molar-refractivity contribution in [3.05, 3.63) is 34.2 Å². The van der Waals surface area contributed by atoms with Gasteiger partial charge < -0.3 is 19.8 Å². The molecule has 0 unspecified atom stereocenters. The fraction of sp³-hybridized carbons (Fsp3) is 0.250. The molecule has 0 saturated heterocycles. The van der Waals surface area contributed by atoms with E-state index in [1.54, 1.807) is 7.11 Å². The minimum Gasteiger partial charge on any atom is -0.497 e. The van der Waals surface area contributed by atoms with E-state index < -0.39 is 5.97 Å². The van der Waals surface area contributed by atoms with Gasteiger partial charge in [-0.25, -0.2) is 9.78 Å². The molecule has 31 heavy (non-hydrogen) atoms. The van der Waals surface area contributed by atoms with Crippen LogP contribution in [-0.2, 0) is 9.53 Å². The zero-order chi connectivity index (χ0) is 22.1. The molecule has 3 heterocycles. The highest BCUT2D eigenvalue weighted by Gasteiger charge is 2.22. The topological polar surface area (TPSA) is 119 Å². The average Bonchev–Trinajstić information content (AvgIpc) is 3.27. The monoisotopic (exact) mass is 457 g/mol. The van der Waals surface area contributed by atoms with E-state index in [0.717, 1.165) is 38.9 Å². The van der Waals surface area contributed by atoms with Crippen LogP contribution in [0.2, 0.25) is 0 Å². The van der Waals surface area contributed by atoms with E-state index in [4.69, 9.17) is 9.47 Å². The van der Waals surface area contributed by atoms with Gasteiger partial charge in [-0.05, 0) is 37.6 Å². The highest BCUT2D eigenvalue weighted by atomic mass is 32.2. The number of thiophene rings is 1. The maximum absolute atomic E-state index is 12.5. The molecule has 4 aromatic rings. The summed E-state index contributed by atoms with van der Waals surface area (Å²) in [6.07, 6.45) is 0. The van der Waals surface area contributed by atoms with Gasteiger partial charge in [0.25, 0.3) is 0 Å². The Morgan fingerprint density at radius 3 is 2.77 bits per heavy atom. The number of anilines is 1. The number of aromatic amines is 1. The van der Waals surface area contributed by atoms with E-state index in [2.05, 4.69) is 25.5 Å². The maximum Gasteiger partial charge on any atom is 0.341 e. The number of benzene rings is 1. The Hall–Kier alpha value is -3.18. The molecule has 0 fully saturated rings. The van der Waals surface area contributed by atoms with Crippen LogP contribution >= 0.6 is 23.1 Å². The second-order valence-electron chi connectivity index (χ2n) is 6.64. The number of amides is 1. The standard InChI is InChI=1S/C20H19N5O4S2/c1-9-10(2)31-18(15(9)19(27)29-4)22-14(26)8-30-20-23-17-16(24-25-20)12-7-11(28-3)5-6-13(12)21-17/h5-7H,8H2,1-4H3,(H,22,26)(H,21,23,25). The number of carbonyl (C=O) groups is 2. The van der Waals surface area contributed by atoms with Crippen LogP contribution in [0.25, 0.3) is 22.1 Å². The van der Waals surface area contributed by atoms with Crippen molar-refractivity contribution >= 4 is 62.0 Å². The van der Waals surface area contributed by atoms with Crippen LogP contribution in [0.5, 0.6) is 5.75 Å². The minimum atomic E-state index is -0.474. The van der Waals surface area contributed by atoms with Crippen molar-refractivity contribution in [1.29, 1.82) is 0 Å². The second-order valence-corrected chi connectivity index (χ2v) is 8.81. The Bertz CT molecular complexity index is 1310. The summed E-state index contributed by atoms with van der Waals surface area (Å²) >= 11 is 2.50. The Kier molecular flexibility index (Phi) is 5.79. The summed E-state index contributed by atoms with van der Waals surface area (Å²) < 4.78 is 10.1. The molecule has 4 rings (SSSR count). The quantitative estimate of drug-likeness (QED) is 0.332. The van der Waals surface area contributed by atoms with Gasteiger partial charge in [0.15, 0.2) is 5.65 Å². The first-order chi connectivity index (χ1) is 14.9. The molecule has 1 aromatic carbocycles. The fourth-order valence-electron chi connectivity index (χ4n) is 3.08. The zero-order valence-electron chi connectivity index (χ0n) is 17.2. The van der Waals surface area contributed by atoms with Crippen LogP contribution in [0.3, 0.4) is 0 Å². The van der Waals surface area contributed by atoms with E-state index in [0.29, 0.717) is 26.9 Å². The third-order valence-corrected chi connectivity index (χ3v) is 6.72. The van der Waals surface area contributed by atoms with Crippen LogP contribution in [0.1, 0.15) is 20.8 Å². The van der Waals surface area contributed by atoms with Gasteiger partial charge in [-0.2, -0.15) is 0 Å². The minimum absolute atomic E-state index is 0.0673. The Morgan fingerprint density at radius 2 is 2.03 bits per heavy atom. The molecule has 0 spiro atoms. The Balaban J connectivity index is 1.49. The highest BCUT2D eigenvalue weighted by Crippen LogP contribution is 2.33. The molecule has 3 aromatic heterocycles. The van der Waals surface area contributed by atoms with Gasteiger partial charge in [0.1, 0.15) is 16.3 Å². The number of aryl methyl sites for hydroxylation is 1. The molecule has 0 atom stereocenters. The Labute approximate surface area is 185 Å². The van der Waals surface area contributed by atoms with Gasteiger partial charge in [0, 0.05) is 15.8 Å². The molecule has 0 aliphatic heterocycles. The summed E-state index contributed by atoms with van der Waals surface area (Å²) in [5, 5.41) is 12.9. The SMILES string of the molecule is COC(=O)c1c(NC(=O)CSc2nnc3c(n2)[nH]c2ccc(OC)cc23)sc(C)c1C. The smallest absolute Gasteiger partial charge is 0.341 e. The third-order valence-electron chi connectivity index (χ3n) is 4.76. The molecule has 11 heteroatoms. The molecule has 0 saturated carbocycles. The summed E-state index contributed by atoms with van der Waals surface area (Å²) in [7, 11) is 2.92. The molecular formula is C20H19N5O4S2. The average molecular weight is 458 g/mol. The lowest BCUT2D eigenvalue weighted by Gasteiger charge is -2.05. The number of rotatable bonds is 6. The molecule has 0 radical (unpaired) electrons. The lowest BCUT2D eigenvalue weighted by molar-refractivity contribution is -0.113. The highest BCUT2D eigenvalue weighted by molar-refractivity contribution is 7.99. The fourth-order valence-corrected chi connectivity index (χ4v) is 4.73. The van der Waals surface area contributed by atoms with Crippen molar-refractivity contribution in [3.63, 3.8) is 0 Å². The molecule has 2 N–H and O–H groups in total. The number of H-pyrrole nitrogens is 1. The van der Waals surface area contributed by atoms with E-state index in [1.807, 2.05) is 32.0 Å². The largest absolute Gasteiger partial charge is 0.497 e.